The number of amides is 1. The van der Waals surface area contributed by atoms with Crippen molar-refractivity contribution in [2.45, 2.75) is 38.8 Å². The highest BCUT2D eigenvalue weighted by molar-refractivity contribution is 5.84. The smallest absolute Gasteiger partial charge is 0.408 e. The zero-order chi connectivity index (χ0) is 23.6. The number of hydrogen-bond acceptors (Lipinski definition) is 7. The summed E-state index contributed by atoms with van der Waals surface area (Å²) in [5.41, 5.74) is 3.01. The quantitative estimate of drug-likeness (QED) is 0.444. The molecule has 0 fully saturated rings. The molecule has 1 atom stereocenters. The van der Waals surface area contributed by atoms with Crippen molar-refractivity contribution >= 4 is 34.1 Å². The van der Waals surface area contributed by atoms with Gasteiger partial charge >= 0.3 is 12.1 Å². The third-order valence-corrected chi connectivity index (χ3v) is 4.91. The molecule has 2 aromatic carbocycles. The molecule has 0 spiro atoms. The SMILES string of the molecule is COC(=O)[C@H](Cc1ccc2oc(-c3cnc4ccccc4c3)nc2c1)NC(=O)OC(C)(C)C. The van der Waals surface area contributed by atoms with Crippen LogP contribution >= 0.6 is 0 Å². The maximum absolute atomic E-state index is 12.2. The van der Waals surface area contributed by atoms with Crippen molar-refractivity contribution in [3.8, 4) is 11.5 Å². The van der Waals surface area contributed by atoms with E-state index in [1.54, 1.807) is 33.0 Å². The standard InChI is InChI=1S/C25H25N3O5/c1-25(2,3)33-24(30)28-20(23(29)31-4)12-15-9-10-21-19(11-15)27-22(32-21)17-13-16-7-5-6-8-18(16)26-14-17/h5-11,13-14,20H,12H2,1-4H3,(H,28,30)/t20-/m0/s1. The number of nitrogens with one attached hydrogen (secondary N) is 1. The largest absolute Gasteiger partial charge is 0.467 e. The van der Waals surface area contributed by atoms with Gasteiger partial charge in [0.05, 0.1) is 18.2 Å². The van der Waals surface area contributed by atoms with Crippen LogP contribution in [-0.2, 0) is 20.7 Å². The zero-order valence-corrected chi connectivity index (χ0v) is 18.9. The first-order valence-corrected chi connectivity index (χ1v) is 10.5. The maximum Gasteiger partial charge on any atom is 0.408 e. The molecule has 2 heterocycles. The molecular formula is C25H25N3O5. The van der Waals surface area contributed by atoms with E-state index in [1.807, 2.05) is 42.5 Å². The van der Waals surface area contributed by atoms with Gasteiger partial charge in [0.15, 0.2) is 5.58 Å². The number of alkyl carbamates (subject to hydrolysis) is 1. The van der Waals surface area contributed by atoms with Crippen molar-refractivity contribution in [2.75, 3.05) is 7.11 Å². The van der Waals surface area contributed by atoms with Gasteiger partial charge in [-0.1, -0.05) is 24.3 Å². The Morgan fingerprint density at radius 2 is 1.88 bits per heavy atom. The Balaban J connectivity index is 1.57. The van der Waals surface area contributed by atoms with Gasteiger partial charge < -0.3 is 19.2 Å². The zero-order valence-electron chi connectivity index (χ0n) is 18.9. The van der Waals surface area contributed by atoms with Gasteiger partial charge in [-0.15, -0.1) is 0 Å². The van der Waals surface area contributed by atoms with E-state index in [-0.39, 0.29) is 6.42 Å². The van der Waals surface area contributed by atoms with Crippen LogP contribution < -0.4 is 5.32 Å². The van der Waals surface area contributed by atoms with Crippen LogP contribution in [0.1, 0.15) is 26.3 Å². The number of nitrogens with zero attached hydrogens (tertiary/aromatic N) is 2. The molecule has 1 amide bonds. The van der Waals surface area contributed by atoms with Gasteiger partial charge in [0.1, 0.15) is 17.2 Å². The fourth-order valence-corrected chi connectivity index (χ4v) is 3.43. The summed E-state index contributed by atoms with van der Waals surface area (Å²) in [6.07, 6.45) is 1.25. The lowest BCUT2D eigenvalue weighted by Crippen LogP contribution is -2.45. The van der Waals surface area contributed by atoms with Gasteiger partial charge in [-0.05, 0) is 50.6 Å². The fraction of sp³-hybridized carbons (Fsp3) is 0.280. The van der Waals surface area contributed by atoms with Crippen LogP contribution in [0.5, 0.6) is 0 Å². The van der Waals surface area contributed by atoms with Gasteiger partial charge in [-0.2, -0.15) is 0 Å². The van der Waals surface area contributed by atoms with Crippen molar-refractivity contribution in [1.29, 1.82) is 0 Å². The Kier molecular flexibility index (Phi) is 6.00. The Bertz CT molecular complexity index is 1320. The highest BCUT2D eigenvalue weighted by atomic mass is 16.6. The molecule has 33 heavy (non-hydrogen) atoms. The van der Waals surface area contributed by atoms with Gasteiger partial charge in [0.25, 0.3) is 0 Å². The summed E-state index contributed by atoms with van der Waals surface area (Å²) in [6, 6.07) is 14.3. The molecular weight excluding hydrogens is 422 g/mol. The number of aromatic nitrogens is 2. The van der Waals surface area contributed by atoms with Crippen LogP contribution in [0.2, 0.25) is 0 Å². The molecule has 0 aliphatic carbocycles. The number of esters is 1. The highest BCUT2D eigenvalue weighted by Gasteiger charge is 2.25. The number of ether oxygens (including phenoxy) is 2. The van der Waals surface area contributed by atoms with Crippen molar-refractivity contribution in [3.63, 3.8) is 0 Å². The van der Waals surface area contributed by atoms with Crippen LogP contribution in [0.3, 0.4) is 0 Å². The second-order valence-corrected chi connectivity index (χ2v) is 8.66. The minimum atomic E-state index is -0.904. The molecule has 0 aliphatic rings. The van der Waals surface area contributed by atoms with Gasteiger partial charge in [-0.3, -0.25) is 4.98 Å². The average molecular weight is 447 g/mol. The van der Waals surface area contributed by atoms with E-state index in [1.165, 1.54) is 7.11 Å². The molecule has 8 nitrogen and oxygen atoms in total. The molecule has 0 bridgehead atoms. The second-order valence-electron chi connectivity index (χ2n) is 8.66. The first-order chi connectivity index (χ1) is 15.7. The van der Waals surface area contributed by atoms with E-state index in [0.717, 1.165) is 22.0 Å². The van der Waals surface area contributed by atoms with Crippen molar-refractivity contribution in [3.05, 3.63) is 60.3 Å². The third kappa shape index (κ3) is 5.28. The molecule has 0 aliphatic heterocycles. The molecule has 8 heteroatoms. The van der Waals surface area contributed by atoms with Gasteiger partial charge in [0.2, 0.25) is 5.89 Å². The van der Waals surface area contributed by atoms with E-state index in [9.17, 15) is 9.59 Å². The molecule has 0 unspecified atom stereocenters. The van der Waals surface area contributed by atoms with Gasteiger partial charge in [0, 0.05) is 18.0 Å². The van der Waals surface area contributed by atoms with Crippen molar-refractivity contribution < 1.29 is 23.5 Å². The molecule has 1 N–H and O–H groups in total. The molecule has 4 aromatic rings. The molecule has 0 radical (unpaired) electrons. The summed E-state index contributed by atoms with van der Waals surface area (Å²) in [6.45, 7) is 5.25. The number of oxazole rings is 1. The van der Waals surface area contributed by atoms with Crippen molar-refractivity contribution in [1.82, 2.24) is 15.3 Å². The third-order valence-electron chi connectivity index (χ3n) is 4.91. The molecule has 4 rings (SSSR count). The highest BCUT2D eigenvalue weighted by Crippen LogP contribution is 2.27. The summed E-state index contributed by atoms with van der Waals surface area (Å²) in [5.74, 6) is -0.110. The van der Waals surface area contributed by atoms with Gasteiger partial charge in [-0.25, -0.2) is 14.6 Å². The Labute approximate surface area is 190 Å². The summed E-state index contributed by atoms with van der Waals surface area (Å²) < 4.78 is 16.0. The first kappa shape index (κ1) is 22.3. The lowest BCUT2D eigenvalue weighted by molar-refractivity contribution is -0.143. The van der Waals surface area contributed by atoms with Crippen LogP contribution in [-0.4, -0.2) is 40.8 Å². The maximum atomic E-state index is 12.2. The monoisotopic (exact) mass is 447 g/mol. The van der Waals surface area contributed by atoms with Crippen LogP contribution in [0.25, 0.3) is 33.5 Å². The number of carbonyl (C=O) groups excluding carboxylic acids is 2. The molecule has 0 saturated carbocycles. The Morgan fingerprint density at radius 3 is 2.64 bits per heavy atom. The summed E-state index contributed by atoms with van der Waals surface area (Å²) in [7, 11) is 1.27. The minimum Gasteiger partial charge on any atom is -0.467 e. The normalized spacial score (nSPS) is 12.5. The summed E-state index contributed by atoms with van der Waals surface area (Å²) in [5, 5.41) is 3.57. The van der Waals surface area contributed by atoms with E-state index in [2.05, 4.69) is 15.3 Å². The van der Waals surface area contributed by atoms with E-state index < -0.39 is 23.7 Å². The number of pyridine rings is 1. The number of benzene rings is 2. The van der Waals surface area contributed by atoms with Crippen LogP contribution in [0.15, 0.2) is 59.1 Å². The lowest BCUT2D eigenvalue weighted by Gasteiger charge is -2.22. The number of rotatable bonds is 5. The van der Waals surface area contributed by atoms with Crippen molar-refractivity contribution in [2.24, 2.45) is 0 Å². The predicted octanol–water partition coefficient (Wildman–Crippen LogP) is 4.65. The predicted molar refractivity (Wildman–Crippen MR) is 124 cm³/mol. The second kappa shape index (κ2) is 8.90. The van der Waals surface area contributed by atoms with E-state index in [0.29, 0.717) is 17.0 Å². The Hall–Kier alpha value is -3.94. The minimum absolute atomic E-state index is 0.210. The van der Waals surface area contributed by atoms with E-state index >= 15 is 0 Å². The number of fused-ring (bicyclic) bond motifs is 2. The van der Waals surface area contributed by atoms with E-state index in [4.69, 9.17) is 13.9 Å². The fourth-order valence-electron chi connectivity index (χ4n) is 3.43. The summed E-state index contributed by atoms with van der Waals surface area (Å²) in [4.78, 5) is 33.5. The summed E-state index contributed by atoms with van der Waals surface area (Å²) >= 11 is 0. The van der Waals surface area contributed by atoms with Crippen LogP contribution in [0.4, 0.5) is 4.79 Å². The number of para-hydroxylation sites is 1. The molecule has 0 saturated heterocycles. The molecule has 170 valence electrons. The Morgan fingerprint density at radius 1 is 1.09 bits per heavy atom. The topological polar surface area (TPSA) is 104 Å². The number of hydrogen-bond donors (Lipinski definition) is 1. The first-order valence-electron chi connectivity index (χ1n) is 10.5. The van der Waals surface area contributed by atoms with Crippen LogP contribution in [0, 0.1) is 0 Å². The lowest BCUT2D eigenvalue weighted by atomic mass is 10.1. The average Bonchev–Trinajstić information content (AvgIpc) is 3.20. The number of methoxy groups -OCH3 is 1. The molecule has 2 aromatic heterocycles. The number of carbonyl (C=O) groups is 2.